The normalized spacial score (nSPS) is 13.9. The zero-order chi connectivity index (χ0) is 26.2. The molecule has 0 atom stereocenters. The minimum Gasteiger partial charge on any atom is -0.455 e. The third kappa shape index (κ3) is 4.48. The lowest BCUT2D eigenvalue weighted by atomic mass is 10.1. The van der Waals surface area contributed by atoms with E-state index >= 15 is 0 Å². The van der Waals surface area contributed by atoms with Crippen LogP contribution < -0.4 is 10.6 Å². The summed E-state index contributed by atoms with van der Waals surface area (Å²) in [5, 5.41) is 14.4. The Morgan fingerprint density at radius 1 is 1.00 bits per heavy atom. The average molecular weight is 529 g/mol. The molecule has 2 N–H and O–H groups in total. The molecular weight excluding hydrogens is 514 g/mol. The molecule has 0 radical (unpaired) electrons. The molecule has 11 heteroatoms. The molecule has 3 heterocycles. The van der Waals surface area contributed by atoms with E-state index in [0.29, 0.717) is 45.2 Å². The molecule has 1 aliphatic heterocycles. The molecule has 1 amide bonds. The highest BCUT2D eigenvalue weighted by Crippen LogP contribution is 2.30. The molecule has 0 bridgehead atoms. The van der Waals surface area contributed by atoms with Gasteiger partial charge in [-0.3, -0.25) is 4.79 Å². The van der Waals surface area contributed by atoms with Crippen molar-refractivity contribution in [2.75, 3.05) is 10.6 Å². The molecule has 8 nitrogen and oxygen atoms in total. The molecule has 0 unspecified atom stereocenters. The number of carbonyl (C=O) groups excluding carboxylic acids is 1. The third-order valence-electron chi connectivity index (χ3n) is 5.77. The van der Waals surface area contributed by atoms with Crippen molar-refractivity contribution in [2.45, 2.75) is 0 Å². The van der Waals surface area contributed by atoms with Gasteiger partial charge in [-0.15, -0.1) is 5.10 Å². The SMILES string of the molecule is O=C1Nc2ccc(F)cc2/C1=N\N=C\c1ccc(-c2ccc3ncnc(Nc4ccc(F)c(Cl)c4)c3c2)o1. The van der Waals surface area contributed by atoms with Crippen LogP contribution in [0.25, 0.3) is 22.2 Å². The molecule has 0 saturated carbocycles. The first-order valence-electron chi connectivity index (χ1n) is 11.2. The van der Waals surface area contributed by atoms with E-state index in [-0.39, 0.29) is 10.7 Å². The lowest BCUT2D eigenvalue weighted by Crippen LogP contribution is -2.13. The summed E-state index contributed by atoms with van der Waals surface area (Å²) in [5.74, 6) is -0.00420. The van der Waals surface area contributed by atoms with Crippen molar-refractivity contribution in [3.8, 4) is 11.3 Å². The number of nitrogens with one attached hydrogen (secondary N) is 2. The Kier molecular flexibility index (Phi) is 5.85. The van der Waals surface area contributed by atoms with E-state index in [1.54, 1.807) is 18.2 Å². The Hall–Kier alpha value is -4.96. The highest BCUT2D eigenvalue weighted by Gasteiger charge is 2.26. The lowest BCUT2D eigenvalue weighted by molar-refractivity contribution is -0.110. The molecule has 0 spiro atoms. The molecule has 0 fully saturated rings. The van der Waals surface area contributed by atoms with E-state index in [9.17, 15) is 13.6 Å². The fourth-order valence-electron chi connectivity index (χ4n) is 3.97. The fraction of sp³-hybridized carbons (Fsp3) is 0. The van der Waals surface area contributed by atoms with Crippen molar-refractivity contribution in [3.63, 3.8) is 0 Å². The van der Waals surface area contributed by atoms with Crippen LogP contribution >= 0.6 is 11.6 Å². The number of halogens is 3. The minimum absolute atomic E-state index is 0.00565. The number of fused-ring (bicyclic) bond motifs is 2. The number of carbonyl (C=O) groups is 1. The van der Waals surface area contributed by atoms with Crippen molar-refractivity contribution in [1.29, 1.82) is 0 Å². The second-order valence-electron chi connectivity index (χ2n) is 8.25. The van der Waals surface area contributed by atoms with Gasteiger partial charge in [0.15, 0.2) is 5.71 Å². The van der Waals surface area contributed by atoms with Gasteiger partial charge in [-0.25, -0.2) is 18.7 Å². The van der Waals surface area contributed by atoms with E-state index in [1.165, 1.54) is 42.9 Å². The van der Waals surface area contributed by atoms with Gasteiger partial charge in [0.2, 0.25) is 0 Å². The third-order valence-corrected chi connectivity index (χ3v) is 6.06. The summed E-state index contributed by atoms with van der Waals surface area (Å²) >= 11 is 5.90. The predicted octanol–water partition coefficient (Wildman–Crippen LogP) is 6.34. The van der Waals surface area contributed by atoms with Crippen molar-refractivity contribution in [3.05, 3.63) is 101 Å². The minimum atomic E-state index is -0.513. The summed E-state index contributed by atoms with van der Waals surface area (Å²) < 4.78 is 33.0. The quantitative estimate of drug-likeness (QED) is 0.204. The second kappa shape index (κ2) is 9.49. The number of anilines is 3. The molecule has 0 saturated heterocycles. The zero-order valence-electron chi connectivity index (χ0n) is 19.2. The summed E-state index contributed by atoms with van der Waals surface area (Å²) in [6.07, 6.45) is 2.78. The lowest BCUT2D eigenvalue weighted by Gasteiger charge is -2.09. The largest absolute Gasteiger partial charge is 0.455 e. The Morgan fingerprint density at radius 3 is 2.76 bits per heavy atom. The molecule has 186 valence electrons. The predicted molar refractivity (Wildman–Crippen MR) is 141 cm³/mol. The monoisotopic (exact) mass is 528 g/mol. The zero-order valence-corrected chi connectivity index (χ0v) is 20.0. The Morgan fingerprint density at radius 2 is 1.89 bits per heavy atom. The Balaban J connectivity index is 1.26. The van der Waals surface area contributed by atoms with E-state index in [2.05, 4.69) is 30.8 Å². The number of aromatic nitrogens is 2. The van der Waals surface area contributed by atoms with Crippen LogP contribution in [0.5, 0.6) is 0 Å². The van der Waals surface area contributed by atoms with Crippen LogP contribution in [0.3, 0.4) is 0 Å². The van der Waals surface area contributed by atoms with Crippen LogP contribution in [-0.4, -0.2) is 27.8 Å². The topological polar surface area (TPSA) is 105 Å². The number of benzene rings is 3. The summed E-state index contributed by atoms with van der Waals surface area (Å²) in [6, 6.07) is 17.3. The van der Waals surface area contributed by atoms with Gasteiger partial charge in [0.05, 0.1) is 22.4 Å². The summed E-state index contributed by atoms with van der Waals surface area (Å²) in [7, 11) is 0. The molecule has 3 aromatic carbocycles. The van der Waals surface area contributed by atoms with Crippen molar-refractivity contribution < 1.29 is 18.0 Å². The molecule has 38 heavy (non-hydrogen) atoms. The Bertz CT molecular complexity index is 1800. The van der Waals surface area contributed by atoms with Crippen molar-refractivity contribution in [1.82, 2.24) is 9.97 Å². The van der Waals surface area contributed by atoms with Crippen LogP contribution in [0.2, 0.25) is 5.02 Å². The number of nitrogens with zero attached hydrogens (tertiary/aromatic N) is 4. The molecule has 0 aliphatic carbocycles. The van der Waals surface area contributed by atoms with Crippen LogP contribution in [0.1, 0.15) is 11.3 Å². The van der Waals surface area contributed by atoms with Crippen LogP contribution in [0.4, 0.5) is 26.0 Å². The van der Waals surface area contributed by atoms with Crippen LogP contribution in [0, 0.1) is 11.6 Å². The smallest absolute Gasteiger partial charge is 0.276 e. The summed E-state index contributed by atoms with van der Waals surface area (Å²) in [6.45, 7) is 0. The maximum atomic E-state index is 13.6. The van der Waals surface area contributed by atoms with Gasteiger partial charge in [0.1, 0.15) is 35.3 Å². The van der Waals surface area contributed by atoms with Gasteiger partial charge in [0, 0.05) is 22.2 Å². The highest BCUT2D eigenvalue weighted by atomic mass is 35.5. The molecule has 1 aliphatic rings. The van der Waals surface area contributed by atoms with Crippen LogP contribution in [0.15, 0.2) is 87.7 Å². The number of amides is 1. The molecule has 6 rings (SSSR count). The van der Waals surface area contributed by atoms with Crippen molar-refractivity contribution >= 4 is 57.5 Å². The van der Waals surface area contributed by atoms with Gasteiger partial charge in [-0.2, -0.15) is 5.10 Å². The van der Waals surface area contributed by atoms with Gasteiger partial charge in [-0.1, -0.05) is 11.6 Å². The number of furan rings is 1. The first-order valence-corrected chi connectivity index (χ1v) is 11.6. The molecular formula is C27H15ClF2N6O2. The summed E-state index contributed by atoms with van der Waals surface area (Å²) in [4.78, 5) is 20.8. The van der Waals surface area contributed by atoms with Crippen molar-refractivity contribution in [2.24, 2.45) is 10.2 Å². The highest BCUT2D eigenvalue weighted by molar-refractivity contribution is 6.53. The summed E-state index contributed by atoms with van der Waals surface area (Å²) in [5.41, 5.74) is 2.84. The van der Waals surface area contributed by atoms with E-state index in [0.717, 1.165) is 5.56 Å². The van der Waals surface area contributed by atoms with Gasteiger partial charge in [-0.05, 0) is 66.7 Å². The average Bonchev–Trinajstić information content (AvgIpc) is 3.50. The van der Waals surface area contributed by atoms with Gasteiger partial charge >= 0.3 is 0 Å². The molecule has 5 aromatic rings. The number of rotatable bonds is 5. The van der Waals surface area contributed by atoms with Gasteiger partial charge < -0.3 is 15.1 Å². The van der Waals surface area contributed by atoms with Gasteiger partial charge in [0.25, 0.3) is 5.91 Å². The first-order chi connectivity index (χ1) is 18.4. The molecule has 2 aromatic heterocycles. The maximum absolute atomic E-state index is 13.6. The van der Waals surface area contributed by atoms with E-state index in [4.69, 9.17) is 16.0 Å². The fourth-order valence-corrected chi connectivity index (χ4v) is 4.15. The van der Waals surface area contributed by atoms with E-state index in [1.807, 2.05) is 18.2 Å². The number of hydrogen-bond donors (Lipinski definition) is 2. The first kappa shape index (κ1) is 23.4. The Labute approximate surface area is 218 Å². The number of hydrogen-bond acceptors (Lipinski definition) is 7. The van der Waals surface area contributed by atoms with E-state index < -0.39 is 17.5 Å². The maximum Gasteiger partial charge on any atom is 0.276 e. The standard InChI is InChI=1S/C27H15ClF2N6O2/c28-20-11-16(3-5-21(20)30)34-26-19-9-14(1-6-22(19)31-13-32-26)24-8-4-17(38-24)12-33-36-25-18-10-15(29)2-7-23(18)35-27(25)37/h1-13H,(H,31,32,34)(H,35,36,37)/b33-12+. The second-order valence-corrected chi connectivity index (χ2v) is 8.65. The van der Waals surface area contributed by atoms with Crippen LogP contribution in [-0.2, 0) is 4.79 Å².